The molecule has 0 spiro atoms. The molecule has 0 saturated carbocycles. The quantitative estimate of drug-likeness (QED) is 0.864. The van der Waals surface area contributed by atoms with E-state index in [-0.39, 0.29) is 17.2 Å². The van der Waals surface area contributed by atoms with Crippen molar-refractivity contribution in [1.29, 1.82) is 0 Å². The van der Waals surface area contributed by atoms with Gasteiger partial charge in [-0.1, -0.05) is 18.2 Å². The lowest BCUT2D eigenvalue weighted by Crippen LogP contribution is -2.46. The van der Waals surface area contributed by atoms with E-state index in [1.807, 2.05) is 12.1 Å². The van der Waals surface area contributed by atoms with Crippen molar-refractivity contribution >= 4 is 29.3 Å². The standard InChI is InChI=1S/C19H21N3O3S/c23-17(20-12-14-5-4-10-25-14)13-6-7-16-15(11-13)21-18(24)19(26-16)22-8-2-1-3-9-22/h4-7,10-11,19H,1-3,8-9,12H2,(H,20,23)(H,21,24)/t19-/m1/s1. The molecule has 1 atom stereocenters. The molecule has 1 saturated heterocycles. The van der Waals surface area contributed by atoms with E-state index >= 15 is 0 Å². The van der Waals surface area contributed by atoms with Crippen molar-refractivity contribution < 1.29 is 14.0 Å². The Morgan fingerprint density at radius 1 is 1.27 bits per heavy atom. The van der Waals surface area contributed by atoms with Crippen molar-refractivity contribution in [3.8, 4) is 0 Å². The first kappa shape index (κ1) is 17.2. The average molecular weight is 371 g/mol. The predicted octanol–water partition coefficient (Wildman–Crippen LogP) is 3.07. The van der Waals surface area contributed by atoms with E-state index < -0.39 is 0 Å². The summed E-state index contributed by atoms with van der Waals surface area (Å²) in [5.74, 6) is 0.503. The summed E-state index contributed by atoms with van der Waals surface area (Å²) in [4.78, 5) is 28.1. The van der Waals surface area contributed by atoms with Crippen LogP contribution in [0.3, 0.4) is 0 Å². The summed E-state index contributed by atoms with van der Waals surface area (Å²) < 4.78 is 5.21. The van der Waals surface area contributed by atoms with Crippen LogP contribution in [0, 0.1) is 0 Å². The number of rotatable bonds is 4. The van der Waals surface area contributed by atoms with Crippen LogP contribution in [0.2, 0.25) is 0 Å². The summed E-state index contributed by atoms with van der Waals surface area (Å²) in [6.45, 7) is 2.27. The second kappa shape index (κ2) is 7.55. The van der Waals surface area contributed by atoms with Crippen molar-refractivity contribution in [2.75, 3.05) is 18.4 Å². The number of carbonyl (C=O) groups is 2. The minimum absolute atomic E-state index is 0.00227. The number of fused-ring (bicyclic) bond motifs is 1. The molecule has 0 bridgehead atoms. The van der Waals surface area contributed by atoms with Crippen molar-refractivity contribution in [2.24, 2.45) is 0 Å². The number of carbonyl (C=O) groups excluding carboxylic acids is 2. The lowest BCUT2D eigenvalue weighted by molar-refractivity contribution is -0.118. The number of hydrogen-bond acceptors (Lipinski definition) is 5. The van der Waals surface area contributed by atoms with E-state index in [0.29, 0.717) is 23.6 Å². The molecule has 2 N–H and O–H groups in total. The fraction of sp³-hybridized carbons (Fsp3) is 0.368. The van der Waals surface area contributed by atoms with E-state index in [1.165, 1.54) is 6.42 Å². The van der Waals surface area contributed by atoms with Gasteiger partial charge in [0.1, 0.15) is 11.1 Å². The average Bonchev–Trinajstić information content (AvgIpc) is 3.19. The van der Waals surface area contributed by atoms with Crippen LogP contribution in [-0.2, 0) is 11.3 Å². The highest BCUT2D eigenvalue weighted by Crippen LogP contribution is 2.38. The van der Waals surface area contributed by atoms with Gasteiger partial charge in [-0.05, 0) is 56.3 Å². The van der Waals surface area contributed by atoms with Crippen LogP contribution in [0.25, 0.3) is 0 Å². The molecule has 4 rings (SSSR count). The first-order valence-electron chi connectivity index (χ1n) is 8.87. The Morgan fingerprint density at radius 3 is 2.88 bits per heavy atom. The van der Waals surface area contributed by atoms with E-state index in [1.54, 1.807) is 36.2 Å². The van der Waals surface area contributed by atoms with E-state index in [9.17, 15) is 9.59 Å². The number of benzene rings is 1. The largest absolute Gasteiger partial charge is 0.467 e. The number of amides is 2. The van der Waals surface area contributed by atoms with E-state index in [4.69, 9.17) is 4.42 Å². The summed E-state index contributed by atoms with van der Waals surface area (Å²) in [5.41, 5.74) is 1.23. The van der Waals surface area contributed by atoms with Crippen molar-refractivity contribution in [2.45, 2.75) is 36.1 Å². The van der Waals surface area contributed by atoms with Crippen molar-refractivity contribution in [3.05, 3.63) is 47.9 Å². The maximum atomic E-state index is 12.5. The van der Waals surface area contributed by atoms with Crippen LogP contribution >= 0.6 is 11.8 Å². The lowest BCUT2D eigenvalue weighted by atomic mass is 10.1. The third-order valence-electron chi connectivity index (χ3n) is 4.69. The number of anilines is 1. The molecule has 1 aromatic heterocycles. The summed E-state index contributed by atoms with van der Waals surface area (Å²) in [6, 6.07) is 9.05. The molecule has 2 aromatic rings. The fourth-order valence-corrected chi connectivity index (χ4v) is 4.47. The van der Waals surface area contributed by atoms with Gasteiger partial charge in [0.2, 0.25) is 0 Å². The second-order valence-electron chi connectivity index (χ2n) is 6.53. The van der Waals surface area contributed by atoms with Gasteiger partial charge in [0.05, 0.1) is 18.5 Å². The number of furan rings is 1. The third-order valence-corrected chi connectivity index (χ3v) is 6.03. The number of likely N-dealkylation sites (tertiary alicyclic amines) is 1. The zero-order chi connectivity index (χ0) is 17.9. The van der Waals surface area contributed by atoms with Gasteiger partial charge in [0.25, 0.3) is 11.8 Å². The van der Waals surface area contributed by atoms with Crippen LogP contribution in [0.4, 0.5) is 5.69 Å². The highest BCUT2D eigenvalue weighted by Gasteiger charge is 2.33. The number of thioether (sulfide) groups is 1. The molecule has 1 fully saturated rings. The Balaban J connectivity index is 1.45. The molecular weight excluding hydrogens is 350 g/mol. The maximum Gasteiger partial charge on any atom is 0.252 e. The molecule has 3 heterocycles. The zero-order valence-electron chi connectivity index (χ0n) is 14.4. The highest BCUT2D eigenvalue weighted by atomic mass is 32.2. The number of nitrogens with one attached hydrogen (secondary N) is 2. The van der Waals surface area contributed by atoms with Crippen molar-refractivity contribution in [3.63, 3.8) is 0 Å². The molecule has 2 aliphatic rings. The molecule has 6 nitrogen and oxygen atoms in total. The third kappa shape index (κ3) is 3.64. The normalized spacial score (nSPS) is 20.3. The van der Waals surface area contributed by atoms with Crippen LogP contribution in [0.5, 0.6) is 0 Å². The zero-order valence-corrected chi connectivity index (χ0v) is 15.2. The van der Waals surface area contributed by atoms with Crippen LogP contribution < -0.4 is 10.6 Å². The molecule has 0 radical (unpaired) electrons. The number of hydrogen-bond donors (Lipinski definition) is 2. The molecule has 136 valence electrons. The molecule has 7 heteroatoms. The Kier molecular flexibility index (Phi) is 4.99. The minimum atomic E-state index is -0.193. The van der Waals surface area contributed by atoms with Gasteiger partial charge in [-0.3, -0.25) is 14.5 Å². The molecule has 0 unspecified atom stereocenters. The Labute approximate surface area is 156 Å². The summed E-state index contributed by atoms with van der Waals surface area (Å²) >= 11 is 1.57. The van der Waals surface area contributed by atoms with Crippen molar-refractivity contribution in [1.82, 2.24) is 10.2 Å². The Morgan fingerprint density at radius 2 is 2.12 bits per heavy atom. The van der Waals surface area contributed by atoms with Crippen LogP contribution in [0.1, 0.15) is 35.4 Å². The van der Waals surface area contributed by atoms with E-state index in [0.717, 1.165) is 30.8 Å². The fourth-order valence-electron chi connectivity index (χ4n) is 3.32. The highest BCUT2D eigenvalue weighted by molar-refractivity contribution is 8.00. The minimum Gasteiger partial charge on any atom is -0.467 e. The van der Waals surface area contributed by atoms with Gasteiger partial charge in [0, 0.05) is 10.5 Å². The Bertz CT molecular complexity index is 800. The van der Waals surface area contributed by atoms with Gasteiger partial charge < -0.3 is 15.1 Å². The topological polar surface area (TPSA) is 74.6 Å². The first-order chi connectivity index (χ1) is 12.7. The number of nitrogens with zero attached hydrogens (tertiary/aromatic N) is 1. The Hall–Kier alpha value is -2.25. The molecule has 2 aliphatic heterocycles. The van der Waals surface area contributed by atoms with Gasteiger partial charge >= 0.3 is 0 Å². The molecule has 26 heavy (non-hydrogen) atoms. The van der Waals surface area contributed by atoms with E-state index in [2.05, 4.69) is 15.5 Å². The lowest BCUT2D eigenvalue weighted by Gasteiger charge is -2.35. The first-order valence-corrected chi connectivity index (χ1v) is 9.75. The molecule has 1 aromatic carbocycles. The summed E-state index contributed by atoms with van der Waals surface area (Å²) in [6.07, 6.45) is 5.10. The summed E-state index contributed by atoms with van der Waals surface area (Å²) in [7, 11) is 0. The van der Waals surface area contributed by atoms with Crippen LogP contribution in [0.15, 0.2) is 45.9 Å². The SMILES string of the molecule is O=C(NCc1ccco1)c1ccc2c(c1)NC(=O)[C@H](N1CCCCC1)S2. The maximum absolute atomic E-state index is 12.5. The second-order valence-corrected chi connectivity index (χ2v) is 7.65. The van der Waals surface area contributed by atoms with Gasteiger partial charge in [-0.2, -0.15) is 0 Å². The predicted molar refractivity (Wildman–Crippen MR) is 100 cm³/mol. The van der Waals surface area contributed by atoms with Gasteiger partial charge in [-0.25, -0.2) is 0 Å². The monoisotopic (exact) mass is 371 g/mol. The van der Waals surface area contributed by atoms with Gasteiger partial charge in [0.15, 0.2) is 0 Å². The smallest absolute Gasteiger partial charge is 0.252 e. The summed E-state index contributed by atoms with van der Waals surface area (Å²) in [5, 5.41) is 5.61. The van der Waals surface area contributed by atoms with Gasteiger partial charge in [-0.15, -0.1) is 0 Å². The van der Waals surface area contributed by atoms with Crippen LogP contribution in [-0.4, -0.2) is 35.2 Å². The molecule has 0 aliphatic carbocycles. The molecular formula is C19H21N3O3S. The number of piperidine rings is 1. The molecule has 2 amide bonds.